The Hall–Kier alpha value is -3.84. The van der Waals surface area contributed by atoms with E-state index in [9.17, 15) is 14.7 Å². The van der Waals surface area contributed by atoms with E-state index in [0.29, 0.717) is 40.7 Å². The van der Waals surface area contributed by atoms with E-state index in [4.69, 9.17) is 16.3 Å². The average Bonchev–Trinajstić information content (AvgIpc) is 3.11. The molecule has 0 radical (unpaired) electrons. The third-order valence-electron chi connectivity index (χ3n) is 6.20. The molecular weight excluding hydrogens is 454 g/mol. The van der Waals surface area contributed by atoms with Crippen LogP contribution in [0.3, 0.4) is 0 Å². The first-order valence-corrected chi connectivity index (χ1v) is 11.2. The Labute approximate surface area is 201 Å². The Morgan fingerprint density at radius 3 is 2.74 bits per heavy atom. The number of likely N-dealkylation sites (N-methyl/N-ethyl adjacent to an activating group) is 1. The van der Waals surface area contributed by atoms with E-state index in [1.807, 2.05) is 18.9 Å². The molecule has 7 nitrogen and oxygen atoms in total. The van der Waals surface area contributed by atoms with Crippen LogP contribution < -0.4 is 14.5 Å². The number of carbonyl (C=O) groups is 2. The molecular formula is C26H22ClN3O4. The van der Waals surface area contributed by atoms with Crippen molar-refractivity contribution in [3.05, 3.63) is 88.2 Å². The van der Waals surface area contributed by atoms with Crippen molar-refractivity contribution in [3.63, 3.8) is 0 Å². The summed E-state index contributed by atoms with van der Waals surface area (Å²) in [7, 11) is 1.93. The van der Waals surface area contributed by atoms with Gasteiger partial charge >= 0.3 is 0 Å². The number of halogens is 1. The molecule has 0 bridgehead atoms. The molecule has 1 atom stereocenters. The molecule has 34 heavy (non-hydrogen) atoms. The first-order valence-electron chi connectivity index (χ1n) is 10.8. The van der Waals surface area contributed by atoms with Crippen molar-refractivity contribution in [1.82, 2.24) is 4.98 Å². The van der Waals surface area contributed by atoms with Gasteiger partial charge in [-0.15, -0.1) is 0 Å². The number of anilines is 2. The number of benzene rings is 2. The molecule has 0 saturated carbocycles. The van der Waals surface area contributed by atoms with Crippen LogP contribution in [0.4, 0.5) is 11.4 Å². The highest BCUT2D eigenvalue weighted by atomic mass is 35.5. The molecule has 3 aromatic rings. The number of hydrogen-bond acceptors (Lipinski definition) is 6. The monoisotopic (exact) mass is 475 g/mol. The Bertz CT molecular complexity index is 1340. The second kappa shape index (κ2) is 8.50. The van der Waals surface area contributed by atoms with Gasteiger partial charge in [-0.1, -0.05) is 23.7 Å². The first kappa shape index (κ1) is 22.0. The maximum Gasteiger partial charge on any atom is 0.300 e. The molecule has 1 amide bonds. The number of Topliss-reactive ketones (excluding diaryl/α,β-unsaturated/α-hetero) is 1. The normalized spacial score (nSPS) is 19.2. The predicted molar refractivity (Wildman–Crippen MR) is 130 cm³/mol. The Kier molecular flexibility index (Phi) is 5.49. The highest BCUT2D eigenvalue weighted by Crippen LogP contribution is 2.44. The molecule has 1 aromatic heterocycles. The molecule has 172 valence electrons. The van der Waals surface area contributed by atoms with Crippen molar-refractivity contribution in [3.8, 4) is 5.75 Å². The van der Waals surface area contributed by atoms with Gasteiger partial charge in [-0.2, -0.15) is 0 Å². The summed E-state index contributed by atoms with van der Waals surface area (Å²) in [4.78, 5) is 34.2. The predicted octanol–water partition coefficient (Wildman–Crippen LogP) is 4.50. The van der Waals surface area contributed by atoms with Crippen molar-refractivity contribution in [1.29, 1.82) is 0 Å². The molecule has 0 aliphatic carbocycles. The lowest BCUT2D eigenvalue weighted by molar-refractivity contribution is -0.132. The summed E-state index contributed by atoms with van der Waals surface area (Å²) >= 11 is 6.24. The Morgan fingerprint density at radius 2 is 1.97 bits per heavy atom. The molecule has 2 aromatic carbocycles. The van der Waals surface area contributed by atoms with E-state index in [1.165, 1.54) is 4.90 Å². The molecule has 2 aliphatic heterocycles. The standard InChI is InChI=1S/C26H22ClN3O4/c1-15-5-7-18(27)13-19(15)30-23(17-4-3-9-28-14-17)22(25(32)26(30)33)24(31)16-6-8-21-20(12-16)29(2)10-11-34-21/h3-9,12-14,23,31H,10-11H2,1-2H3/b24-22-. The molecule has 8 heteroatoms. The number of aryl methyl sites for hydroxylation is 1. The Balaban J connectivity index is 1.72. The van der Waals surface area contributed by atoms with E-state index >= 15 is 0 Å². The minimum absolute atomic E-state index is 0.00305. The van der Waals surface area contributed by atoms with Crippen LogP contribution in [0.5, 0.6) is 5.75 Å². The van der Waals surface area contributed by atoms with Gasteiger partial charge in [-0.05, 0) is 54.4 Å². The van der Waals surface area contributed by atoms with E-state index < -0.39 is 17.7 Å². The SMILES string of the molecule is Cc1ccc(Cl)cc1N1C(=O)C(=O)/C(=C(\O)c2ccc3c(c2)N(C)CCO3)C1c1cccnc1. The lowest BCUT2D eigenvalue weighted by Crippen LogP contribution is -2.30. The number of hydrogen-bond donors (Lipinski definition) is 1. The number of ketones is 1. The maximum atomic E-state index is 13.3. The van der Waals surface area contributed by atoms with Crippen LogP contribution in [-0.4, -0.2) is 42.0 Å². The number of pyridine rings is 1. The fourth-order valence-corrected chi connectivity index (χ4v) is 4.60. The van der Waals surface area contributed by atoms with Crippen LogP contribution in [0.25, 0.3) is 5.76 Å². The summed E-state index contributed by atoms with van der Waals surface area (Å²) in [5.74, 6) is -1.06. The minimum Gasteiger partial charge on any atom is -0.507 e. The van der Waals surface area contributed by atoms with Crippen LogP contribution in [-0.2, 0) is 9.59 Å². The number of aromatic nitrogens is 1. The van der Waals surface area contributed by atoms with Gasteiger partial charge in [-0.3, -0.25) is 19.5 Å². The first-order chi connectivity index (χ1) is 16.4. The fraction of sp³-hybridized carbons (Fsp3) is 0.192. The zero-order chi connectivity index (χ0) is 24.0. The smallest absolute Gasteiger partial charge is 0.300 e. The largest absolute Gasteiger partial charge is 0.507 e. The summed E-state index contributed by atoms with van der Waals surface area (Å²) in [6.07, 6.45) is 3.20. The van der Waals surface area contributed by atoms with Crippen LogP contribution in [0.1, 0.15) is 22.7 Å². The number of aliphatic hydroxyl groups excluding tert-OH is 1. The van der Waals surface area contributed by atoms with Crippen molar-refractivity contribution < 1.29 is 19.4 Å². The molecule has 1 N–H and O–H groups in total. The van der Waals surface area contributed by atoms with Gasteiger partial charge in [-0.25, -0.2) is 0 Å². The van der Waals surface area contributed by atoms with E-state index in [1.54, 1.807) is 60.9 Å². The third-order valence-corrected chi connectivity index (χ3v) is 6.44. The average molecular weight is 476 g/mol. The van der Waals surface area contributed by atoms with Gasteiger partial charge in [0.05, 0.1) is 23.8 Å². The third kappa shape index (κ3) is 3.58. The molecule has 1 saturated heterocycles. The molecule has 2 aliphatic rings. The molecule has 5 rings (SSSR count). The molecule has 1 fully saturated rings. The zero-order valence-corrected chi connectivity index (χ0v) is 19.4. The van der Waals surface area contributed by atoms with Crippen molar-refractivity contribution in [2.45, 2.75) is 13.0 Å². The van der Waals surface area contributed by atoms with Crippen LogP contribution >= 0.6 is 11.6 Å². The highest BCUT2D eigenvalue weighted by molar-refractivity contribution is 6.52. The summed E-state index contributed by atoms with van der Waals surface area (Å²) in [6.45, 7) is 3.11. The van der Waals surface area contributed by atoms with Crippen molar-refractivity contribution >= 4 is 40.4 Å². The summed E-state index contributed by atoms with van der Waals surface area (Å²) in [5, 5.41) is 11.8. The lowest BCUT2D eigenvalue weighted by atomic mass is 9.95. The van der Waals surface area contributed by atoms with Gasteiger partial charge in [0.1, 0.15) is 18.1 Å². The van der Waals surface area contributed by atoms with Crippen LogP contribution in [0, 0.1) is 6.92 Å². The lowest BCUT2D eigenvalue weighted by Gasteiger charge is -2.28. The number of amides is 1. The minimum atomic E-state index is -0.865. The topological polar surface area (TPSA) is 83.0 Å². The fourth-order valence-electron chi connectivity index (χ4n) is 4.43. The molecule has 1 unspecified atom stereocenters. The number of nitrogens with zero attached hydrogens (tertiary/aromatic N) is 3. The Morgan fingerprint density at radius 1 is 1.15 bits per heavy atom. The van der Waals surface area contributed by atoms with Gasteiger partial charge < -0.3 is 14.7 Å². The van der Waals surface area contributed by atoms with Gasteiger partial charge in [0.2, 0.25) is 0 Å². The number of rotatable bonds is 3. The van der Waals surface area contributed by atoms with E-state index in [-0.39, 0.29) is 11.3 Å². The zero-order valence-electron chi connectivity index (χ0n) is 18.7. The van der Waals surface area contributed by atoms with Gasteiger partial charge in [0, 0.05) is 35.7 Å². The second-order valence-electron chi connectivity index (χ2n) is 8.34. The van der Waals surface area contributed by atoms with Gasteiger partial charge in [0.15, 0.2) is 0 Å². The maximum absolute atomic E-state index is 13.3. The van der Waals surface area contributed by atoms with Crippen molar-refractivity contribution in [2.75, 3.05) is 30.0 Å². The van der Waals surface area contributed by atoms with E-state index in [2.05, 4.69) is 4.98 Å². The van der Waals surface area contributed by atoms with Crippen LogP contribution in [0.15, 0.2) is 66.5 Å². The van der Waals surface area contributed by atoms with E-state index in [0.717, 1.165) is 11.3 Å². The van der Waals surface area contributed by atoms with Crippen LogP contribution in [0.2, 0.25) is 5.02 Å². The highest BCUT2D eigenvalue weighted by Gasteiger charge is 2.47. The molecule has 3 heterocycles. The second-order valence-corrected chi connectivity index (χ2v) is 8.78. The molecule has 0 spiro atoms. The summed E-state index contributed by atoms with van der Waals surface area (Å²) < 4.78 is 5.69. The number of ether oxygens (including phenoxy) is 1. The quantitative estimate of drug-likeness (QED) is 0.341. The van der Waals surface area contributed by atoms with Gasteiger partial charge in [0.25, 0.3) is 11.7 Å². The number of aliphatic hydroxyl groups is 1. The number of carbonyl (C=O) groups excluding carboxylic acids is 2. The van der Waals surface area contributed by atoms with Crippen molar-refractivity contribution in [2.24, 2.45) is 0 Å². The summed E-state index contributed by atoms with van der Waals surface area (Å²) in [5.41, 5.74) is 3.09. The number of fused-ring (bicyclic) bond motifs is 1. The summed E-state index contributed by atoms with van der Waals surface area (Å²) in [6, 6.07) is 13.0.